The smallest absolute Gasteiger partial charge is 0.435 e. The summed E-state index contributed by atoms with van der Waals surface area (Å²) in [5, 5.41) is 8.94. The van der Waals surface area contributed by atoms with Gasteiger partial charge in [-0.3, -0.25) is 0 Å². The predicted molar refractivity (Wildman–Crippen MR) is 58.5 cm³/mol. The molecule has 17 heavy (non-hydrogen) atoms. The number of aromatic nitrogens is 1. The minimum absolute atomic E-state index is 0.0887. The summed E-state index contributed by atoms with van der Waals surface area (Å²) in [5.41, 5.74) is -1.27. The van der Waals surface area contributed by atoms with E-state index in [-0.39, 0.29) is 10.3 Å². The molecule has 94 valence electrons. The maximum Gasteiger partial charge on any atom is 0.435 e. The van der Waals surface area contributed by atoms with Crippen LogP contribution in [-0.4, -0.2) is 21.8 Å². The van der Waals surface area contributed by atoms with Crippen molar-refractivity contribution in [3.63, 3.8) is 0 Å². The second-order valence-corrected chi connectivity index (χ2v) is 5.88. The topological polar surface area (TPSA) is 50.2 Å². The van der Waals surface area contributed by atoms with E-state index in [1.54, 1.807) is 0 Å². The summed E-state index contributed by atoms with van der Waals surface area (Å²) in [7, 11) is 0. The molecule has 1 aromatic heterocycles. The molecule has 1 aliphatic rings. The largest absolute Gasteiger partial charge is 0.477 e. The van der Waals surface area contributed by atoms with Crippen LogP contribution in [0.4, 0.5) is 13.2 Å². The number of aromatic carboxylic acids is 1. The summed E-state index contributed by atoms with van der Waals surface area (Å²) in [4.78, 5) is 13.5. The van der Waals surface area contributed by atoms with E-state index in [0.29, 0.717) is 11.3 Å². The Kier molecular flexibility index (Phi) is 3.35. The molecule has 0 aliphatic carbocycles. The summed E-state index contributed by atoms with van der Waals surface area (Å²) in [5.74, 6) is -0.683. The highest BCUT2D eigenvalue weighted by Crippen LogP contribution is 2.44. The lowest BCUT2D eigenvalue weighted by Crippen LogP contribution is -2.11. The molecule has 0 saturated carbocycles. The van der Waals surface area contributed by atoms with E-state index in [9.17, 15) is 18.0 Å². The quantitative estimate of drug-likeness (QED) is 0.903. The van der Waals surface area contributed by atoms with Crippen molar-refractivity contribution in [1.29, 1.82) is 0 Å². The van der Waals surface area contributed by atoms with Gasteiger partial charge in [0.2, 0.25) is 0 Å². The zero-order valence-corrected chi connectivity index (χ0v) is 10.1. The maximum atomic E-state index is 12.6. The summed E-state index contributed by atoms with van der Waals surface area (Å²) >= 11 is 2.17. The number of halogens is 3. The molecule has 0 amide bonds. The molecule has 1 aromatic rings. The molecule has 1 aliphatic heterocycles. The summed E-state index contributed by atoms with van der Waals surface area (Å²) in [6, 6.07) is 0. The molecule has 0 aromatic carbocycles. The molecule has 2 rings (SSSR count). The molecular formula is C9H8F3NO2S2. The third kappa shape index (κ3) is 2.57. The van der Waals surface area contributed by atoms with Crippen molar-refractivity contribution in [2.45, 2.75) is 24.3 Å². The van der Waals surface area contributed by atoms with Gasteiger partial charge in [-0.15, -0.1) is 11.3 Å². The number of carboxylic acids is 1. The number of nitrogens with zero attached hydrogens (tertiary/aromatic N) is 1. The SMILES string of the molecule is O=C(O)c1sc(C2CCCS2)nc1C(F)(F)F. The average molecular weight is 283 g/mol. The second-order valence-electron chi connectivity index (χ2n) is 3.53. The van der Waals surface area contributed by atoms with Gasteiger partial charge in [-0.25, -0.2) is 9.78 Å². The van der Waals surface area contributed by atoms with Crippen LogP contribution in [-0.2, 0) is 6.18 Å². The molecule has 1 fully saturated rings. The zero-order chi connectivity index (χ0) is 12.6. The first kappa shape index (κ1) is 12.7. The average Bonchev–Trinajstić information content (AvgIpc) is 2.85. The molecule has 1 N–H and O–H groups in total. The van der Waals surface area contributed by atoms with Gasteiger partial charge in [0.25, 0.3) is 0 Å². The highest BCUT2D eigenvalue weighted by atomic mass is 32.2. The zero-order valence-electron chi connectivity index (χ0n) is 8.45. The maximum absolute atomic E-state index is 12.6. The monoisotopic (exact) mass is 283 g/mol. The number of thioether (sulfide) groups is 1. The normalized spacial score (nSPS) is 20.8. The van der Waals surface area contributed by atoms with E-state index < -0.39 is 22.7 Å². The van der Waals surface area contributed by atoms with Crippen molar-refractivity contribution < 1.29 is 23.1 Å². The number of hydrogen-bond donors (Lipinski definition) is 1. The van der Waals surface area contributed by atoms with Gasteiger partial charge in [0, 0.05) is 0 Å². The first-order valence-corrected chi connectivity index (χ1v) is 6.69. The van der Waals surface area contributed by atoms with Crippen LogP contribution in [0.1, 0.15) is 38.5 Å². The number of alkyl halides is 3. The van der Waals surface area contributed by atoms with E-state index in [0.717, 1.165) is 18.6 Å². The Hall–Kier alpha value is -0.760. The first-order chi connectivity index (χ1) is 7.89. The summed E-state index contributed by atoms with van der Waals surface area (Å²) in [6.45, 7) is 0. The molecule has 0 radical (unpaired) electrons. The van der Waals surface area contributed by atoms with Crippen molar-refractivity contribution in [3.05, 3.63) is 15.6 Å². The van der Waals surface area contributed by atoms with Crippen LogP contribution in [0.15, 0.2) is 0 Å². The van der Waals surface area contributed by atoms with Crippen LogP contribution < -0.4 is 0 Å². The lowest BCUT2D eigenvalue weighted by Gasteiger charge is -2.04. The van der Waals surface area contributed by atoms with Gasteiger partial charge in [-0.05, 0) is 18.6 Å². The van der Waals surface area contributed by atoms with Crippen LogP contribution in [0, 0.1) is 0 Å². The van der Waals surface area contributed by atoms with Gasteiger partial charge in [0.15, 0.2) is 5.69 Å². The third-order valence-electron chi connectivity index (χ3n) is 2.31. The van der Waals surface area contributed by atoms with Gasteiger partial charge >= 0.3 is 12.1 Å². The molecule has 2 heterocycles. The van der Waals surface area contributed by atoms with Crippen LogP contribution >= 0.6 is 23.1 Å². The van der Waals surface area contributed by atoms with Crippen molar-refractivity contribution >= 4 is 29.1 Å². The molecule has 1 saturated heterocycles. The first-order valence-electron chi connectivity index (χ1n) is 4.82. The van der Waals surface area contributed by atoms with E-state index >= 15 is 0 Å². The molecular weight excluding hydrogens is 275 g/mol. The van der Waals surface area contributed by atoms with Gasteiger partial charge in [-0.2, -0.15) is 24.9 Å². The number of thiazole rings is 1. The molecule has 8 heteroatoms. The highest BCUT2D eigenvalue weighted by Gasteiger charge is 2.40. The van der Waals surface area contributed by atoms with E-state index in [4.69, 9.17) is 5.11 Å². The fourth-order valence-electron chi connectivity index (χ4n) is 1.58. The Morgan fingerprint density at radius 1 is 1.47 bits per heavy atom. The fraction of sp³-hybridized carbons (Fsp3) is 0.556. The van der Waals surface area contributed by atoms with Crippen molar-refractivity contribution in [2.24, 2.45) is 0 Å². The Labute approximate surface area is 103 Å². The standard InChI is InChI=1S/C9H8F3NO2S2/c10-9(11,12)6-5(8(14)15)17-7(13-6)4-2-1-3-16-4/h4H,1-3H2,(H,14,15). The van der Waals surface area contributed by atoms with Gasteiger partial charge in [-0.1, -0.05) is 0 Å². The lowest BCUT2D eigenvalue weighted by molar-refractivity contribution is -0.141. The third-order valence-corrected chi connectivity index (χ3v) is 5.00. The number of hydrogen-bond acceptors (Lipinski definition) is 4. The number of carboxylic acid groups (broad SMARTS) is 1. The molecule has 1 unspecified atom stereocenters. The number of rotatable bonds is 2. The Balaban J connectivity index is 2.40. The van der Waals surface area contributed by atoms with Crippen LogP contribution in [0.3, 0.4) is 0 Å². The van der Waals surface area contributed by atoms with Crippen molar-refractivity contribution in [2.75, 3.05) is 5.75 Å². The summed E-state index contributed by atoms with van der Waals surface area (Å²) < 4.78 is 37.7. The Morgan fingerprint density at radius 3 is 2.59 bits per heavy atom. The van der Waals surface area contributed by atoms with Gasteiger partial charge in [0.05, 0.1) is 5.25 Å². The van der Waals surface area contributed by atoms with Gasteiger partial charge in [0.1, 0.15) is 9.88 Å². The lowest BCUT2D eigenvalue weighted by atomic mass is 10.2. The molecule has 0 spiro atoms. The van der Waals surface area contributed by atoms with Gasteiger partial charge < -0.3 is 5.11 Å². The Morgan fingerprint density at radius 2 is 2.18 bits per heavy atom. The van der Waals surface area contributed by atoms with Crippen LogP contribution in [0.5, 0.6) is 0 Å². The van der Waals surface area contributed by atoms with Crippen molar-refractivity contribution in [3.8, 4) is 0 Å². The molecule has 1 atom stereocenters. The van der Waals surface area contributed by atoms with E-state index in [2.05, 4.69) is 4.98 Å². The van der Waals surface area contributed by atoms with E-state index in [1.807, 2.05) is 0 Å². The second kappa shape index (κ2) is 4.49. The van der Waals surface area contributed by atoms with Crippen LogP contribution in [0.2, 0.25) is 0 Å². The van der Waals surface area contributed by atoms with Crippen molar-refractivity contribution in [1.82, 2.24) is 4.98 Å². The predicted octanol–water partition coefficient (Wildman–Crippen LogP) is 3.43. The number of carbonyl (C=O) groups is 1. The minimum Gasteiger partial charge on any atom is -0.477 e. The fourth-order valence-corrected chi connectivity index (χ4v) is 4.02. The Bertz CT molecular complexity index is 438. The van der Waals surface area contributed by atoms with E-state index in [1.165, 1.54) is 11.8 Å². The molecule has 3 nitrogen and oxygen atoms in total. The minimum atomic E-state index is -4.70. The van der Waals surface area contributed by atoms with Crippen LogP contribution in [0.25, 0.3) is 0 Å². The molecule has 0 bridgehead atoms. The summed E-state index contributed by atoms with van der Waals surface area (Å²) in [6.07, 6.45) is -3.01. The highest BCUT2D eigenvalue weighted by molar-refractivity contribution is 7.99.